The lowest BCUT2D eigenvalue weighted by molar-refractivity contribution is 0.00578. The van der Waals surface area contributed by atoms with Gasteiger partial charge in [-0.15, -0.1) is 0 Å². The molecule has 0 amide bonds. The van der Waals surface area contributed by atoms with Crippen LogP contribution in [0.5, 0.6) is 0 Å². The molecule has 1 aromatic heterocycles. The first-order valence-corrected chi connectivity index (χ1v) is 9.64. The van der Waals surface area contributed by atoms with Crippen molar-refractivity contribution in [3.8, 4) is 5.69 Å². The van der Waals surface area contributed by atoms with E-state index in [1.54, 1.807) is 0 Å². The minimum atomic E-state index is -0.347. The summed E-state index contributed by atoms with van der Waals surface area (Å²) in [7, 11) is -0.347. The molecule has 28 heavy (non-hydrogen) atoms. The number of benzene rings is 2. The van der Waals surface area contributed by atoms with E-state index in [2.05, 4.69) is 92.3 Å². The van der Waals surface area contributed by atoms with Crippen LogP contribution < -0.4 is 5.46 Å². The summed E-state index contributed by atoms with van der Waals surface area (Å²) in [6.45, 7) is 8.31. The van der Waals surface area contributed by atoms with E-state index in [1.165, 1.54) is 16.5 Å². The number of rotatable bonds is 2. The summed E-state index contributed by atoms with van der Waals surface area (Å²) in [5, 5.41) is 1.22. The summed E-state index contributed by atoms with van der Waals surface area (Å²) < 4.78 is 14.6. The second-order valence-electron chi connectivity index (χ2n) is 8.41. The summed E-state index contributed by atoms with van der Waals surface area (Å²) in [5.74, 6) is 0. The monoisotopic (exact) mass is 367 g/mol. The van der Waals surface area contributed by atoms with Gasteiger partial charge in [0.15, 0.2) is 0 Å². The van der Waals surface area contributed by atoms with E-state index in [-0.39, 0.29) is 18.3 Å². The quantitative estimate of drug-likeness (QED) is 0.378. The number of hydrogen-bond donors (Lipinski definition) is 0. The molecule has 2 aliphatic rings. The van der Waals surface area contributed by atoms with Crippen molar-refractivity contribution in [2.75, 3.05) is 0 Å². The third-order valence-corrected chi connectivity index (χ3v) is 6.14. The second kappa shape index (κ2) is 5.88. The van der Waals surface area contributed by atoms with Crippen LogP contribution >= 0.6 is 0 Å². The van der Waals surface area contributed by atoms with Crippen LogP contribution in [-0.2, 0) is 9.31 Å². The van der Waals surface area contributed by atoms with Crippen LogP contribution in [0.4, 0.5) is 0 Å². The van der Waals surface area contributed by atoms with E-state index in [1.807, 2.05) is 12.2 Å². The average Bonchev–Trinajstić information content (AvgIpc) is 3.12. The summed E-state index contributed by atoms with van der Waals surface area (Å²) in [4.78, 5) is 0. The van der Waals surface area contributed by atoms with Crippen LogP contribution in [0, 0.1) is 0 Å². The van der Waals surface area contributed by atoms with E-state index in [9.17, 15) is 0 Å². The van der Waals surface area contributed by atoms with Gasteiger partial charge >= 0.3 is 7.12 Å². The Hall–Kier alpha value is -2.74. The fraction of sp³-hybridized carbons (Fsp3) is 0.250. The molecule has 3 nitrogen and oxygen atoms in total. The zero-order chi connectivity index (χ0) is 19.5. The van der Waals surface area contributed by atoms with Crippen molar-refractivity contribution in [3.63, 3.8) is 0 Å². The topological polar surface area (TPSA) is 23.4 Å². The predicted molar refractivity (Wildman–Crippen MR) is 115 cm³/mol. The highest BCUT2D eigenvalue weighted by molar-refractivity contribution is 6.62. The molecule has 1 aliphatic heterocycles. The van der Waals surface area contributed by atoms with Gasteiger partial charge < -0.3 is 13.9 Å². The van der Waals surface area contributed by atoms with Gasteiger partial charge in [-0.2, -0.15) is 0 Å². The average molecular weight is 367 g/mol. The van der Waals surface area contributed by atoms with Crippen molar-refractivity contribution in [3.05, 3.63) is 71.3 Å². The number of aromatic nitrogens is 1. The Morgan fingerprint density at radius 1 is 0.821 bits per heavy atom. The highest BCUT2D eigenvalue weighted by atomic mass is 16.7. The Labute approximate surface area is 165 Å². The fourth-order valence-corrected chi connectivity index (χ4v) is 3.84. The van der Waals surface area contributed by atoms with Crippen LogP contribution in [0.15, 0.2) is 60.0 Å². The Morgan fingerprint density at radius 2 is 1.46 bits per heavy atom. The lowest BCUT2D eigenvalue weighted by atomic mass is 9.79. The molecular weight excluding hydrogens is 345 g/mol. The van der Waals surface area contributed by atoms with Gasteiger partial charge in [0.1, 0.15) is 0 Å². The normalized spacial score (nSPS) is 18.8. The Morgan fingerprint density at radius 3 is 2.18 bits per heavy atom. The molecule has 3 aromatic rings. The van der Waals surface area contributed by atoms with Crippen LogP contribution in [0.1, 0.15) is 39.0 Å². The zero-order valence-electron chi connectivity index (χ0n) is 16.6. The van der Waals surface area contributed by atoms with Crippen molar-refractivity contribution in [1.29, 1.82) is 0 Å². The lowest BCUT2D eigenvalue weighted by Gasteiger charge is -2.32. The van der Waals surface area contributed by atoms with Gasteiger partial charge in [0.25, 0.3) is 0 Å². The van der Waals surface area contributed by atoms with Crippen LogP contribution in [0.2, 0.25) is 0 Å². The highest BCUT2D eigenvalue weighted by Crippen LogP contribution is 2.37. The van der Waals surface area contributed by atoms with Gasteiger partial charge in [0.05, 0.1) is 22.4 Å². The molecular formula is C24H22BNO2. The maximum atomic E-state index is 6.18. The molecule has 0 unspecified atom stereocenters. The van der Waals surface area contributed by atoms with E-state index < -0.39 is 0 Å². The van der Waals surface area contributed by atoms with Gasteiger partial charge in [-0.05, 0) is 57.4 Å². The molecule has 1 fully saturated rings. The maximum absolute atomic E-state index is 6.18. The first-order valence-electron chi connectivity index (χ1n) is 9.64. The number of para-hydroxylation sites is 1. The van der Waals surface area contributed by atoms with Crippen molar-refractivity contribution in [1.82, 2.24) is 4.57 Å². The van der Waals surface area contributed by atoms with Crippen LogP contribution in [-0.4, -0.2) is 22.9 Å². The molecule has 0 radical (unpaired) electrons. The highest BCUT2D eigenvalue weighted by Gasteiger charge is 2.51. The number of nitrogens with zero attached hydrogens (tertiary/aromatic N) is 1. The molecule has 2 heterocycles. The lowest BCUT2D eigenvalue weighted by Crippen LogP contribution is -2.41. The van der Waals surface area contributed by atoms with Gasteiger partial charge in [-0.3, -0.25) is 0 Å². The third kappa shape index (κ3) is 2.47. The van der Waals surface area contributed by atoms with Gasteiger partial charge in [-0.1, -0.05) is 41.8 Å². The summed E-state index contributed by atoms with van der Waals surface area (Å²) in [5.41, 5.74) is 11.1. The molecule has 0 N–H and O–H groups in total. The Balaban J connectivity index is 1.57. The van der Waals surface area contributed by atoms with E-state index >= 15 is 0 Å². The summed E-state index contributed by atoms with van der Waals surface area (Å²) in [6, 6.07) is 16.9. The van der Waals surface area contributed by atoms with Crippen molar-refractivity contribution in [2.24, 2.45) is 0 Å². The minimum Gasteiger partial charge on any atom is -0.399 e. The van der Waals surface area contributed by atoms with E-state index in [0.717, 1.165) is 16.8 Å². The Kier molecular flexibility index (Phi) is 3.65. The molecule has 0 bridgehead atoms. The van der Waals surface area contributed by atoms with Crippen LogP contribution in [0.25, 0.3) is 28.7 Å². The molecule has 2 aromatic carbocycles. The SMILES string of the molecule is CC1(C)OB(c2ccc(-n3c4c(c5ccccc53)C=C=C=C4)cc2)OC1(C)C. The molecule has 5 rings (SSSR count). The largest absolute Gasteiger partial charge is 0.494 e. The minimum absolute atomic E-state index is 0.338. The van der Waals surface area contributed by atoms with Crippen LogP contribution in [0.3, 0.4) is 0 Å². The zero-order valence-corrected chi connectivity index (χ0v) is 16.6. The molecule has 1 aliphatic carbocycles. The van der Waals surface area contributed by atoms with Gasteiger partial charge in [0.2, 0.25) is 0 Å². The summed E-state index contributed by atoms with van der Waals surface area (Å²) >= 11 is 0. The molecule has 0 saturated carbocycles. The first-order chi connectivity index (χ1) is 13.4. The second-order valence-corrected chi connectivity index (χ2v) is 8.41. The smallest absolute Gasteiger partial charge is 0.399 e. The van der Waals surface area contributed by atoms with Gasteiger partial charge in [-0.25, -0.2) is 0 Å². The predicted octanol–water partition coefficient (Wildman–Crippen LogP) is 4.72. The molecule has 138 valence electrons. The molecule has 1 saturated heterocycles. The summed E-state index contributed by atoms with van der Waals surface area (Å²) in [6.07, 6.45) is 4.00. The first kappa shape index (κ1) is 17.4. The maximum Gasteiger partial charge on any atom is 0.494 e. The molecule has 0 spiro atoms. The van der Waals surface area contributed by atoms with Crippen molar-refractivity contribution < 1.29 is 9.31 Å². The molecule has 0 atom stereocenters. The number of hydrogen-bond acceptors (Lipinski definition) is 2. The van der Waals surface area contributed by atoms with E-state index in [0.29, 0.717) is 0 Å². The van der Waals surface area contributed by atoms with Crippen molar-refractivity contribution in [2.45, 2.75) is 38.9 Å². The standard InChI is InChI=1S/C24H22BNO2/c1-23(2)24(3,4)28-25(27-23)17-13-15-18(16-14-17)26-21-11-7-5-9-19(21)20-10-6-8-12-22(20)26/h5,7,9-16H,1-4H3. The van der Waals surface area contributed by atoms with Crippen molar-refractivity contribution >= 4 is 35.6 Å². The third-order valence-electron chi connectivity index (χ3n) is 6.14. The van der Waals surface area contributed by atoms with Gasteiger partial charge in [0, 0.05) is 22.7 Å². The number of fused-ring (bicyclic) bond motifs is 3. The Bertz CT molecular complexity index is 1170. The fourth-order valence-electron chi connectivity index (χ4n) is 3.84. The van der Waals surface area contributed by atoms with E-state index in [4.69, 9.17) is 9.31 Å². The molecule has 4 heteroatoms.